The number of nitrogens with two attached hydrogens (primary N) is 1. The number of amides is 1. The number of hydrogen-bond acceptors (Lipinski definition) is 4. The first kappa shape index (κ1) is 22.6. The van der Waals surface area contributed by atoms with E-state index in [2.05, 4.69) is 9.80 Å². The number of rotatable bonds is 7. The van der Waals surface area contributed by atoms with E-state index in [0.29, 0.717) is 12.5 Å². The fourth-order valence-corrected chi connectivity index (χ4v) is 5.52. The summed E-state index contributed by atoms with van der Waals surface area (Å²) in [7, 11) is 0. The molecule has 3 saturated heterocycles. The van der Waals surface area contributed by atoms with Crippen LogP contribution in [0.2, 0.25) is 0 Å². The largest absolute Gasteiger partial charge is 0.379 e. The molecule has 8 heteroatoms. The van der Waals surface area contributed by atoms with Crippen molar-refractivity contribution in [1.82, 2.24) is 9.80 Å². The predicted octanol–water partition coefficient (Wildman–Crippen LogP) is 2.86. The third-order valence-corrected chi connectivity index (χ3v) is 7.18. The van der Waals surface area contributed by atoms with E-state index in [-0.39, 0.29) is 41.9 Å². The second-order valence-electron chi connectivity index (χ2n) is 9.20. The molecule has 2 N–H and O–H groups in total. The zero-order chi connectivity index (χ0) is 22.0. The van der Waals surface area contributed by atoms with E-state index >= 15 is 0 Å². The summed E-state index contributed by atoms with van der Waals surface area (Å²) in [5.74, 6) is -2.64. The van der Waals surface area contributed by atoms with Gasteiger partial charge in [0.1, 0.15) is 5.82 Å². The lowest BCUT2D eigenvalue weighted by molar-refractivity contribution is -0.136. The van der Waals surface area contributed by atoms with Gasteiger partial charge < -0.3 is 15.4 Å². The van der Waals surface area contributed by atoms with Crippen molar-refractivity contribution in [3.05, 3.63) is 35.1 Å². The smallest absolute Gasteiger partial charge is 0.223 e. The summed E-state index contributed by atoms with van der Waals surface area (Å²) in [5.41, 5.74) is 6.48. The molecule has 2 bridgehead atoms. The van der Waals surface area contributed by atoms with Crippen LogP contribution in [0.15, 0.2) is 12.1 Å². The minimum absolute atomic E-state index is 0.111. The van der Waals surface area contributed by atoms with E-state index in [1.807, 2.05) is 0 Å². The normalized spacial score (nSPS) is 27.5. The van der Waals surface area contributed by atoms with Crippen LogP contribution < -0.4 is 5.73 Å². The SMILES string of the molecule is N[C@H](Cc1cc(F)c(F)cc1F)C1C[C@H]2CC[C@@H](C1)N2C(=O)CCCN1CCOCC1. The first-order chi connectivity index (χ1) is 14.9. The van der Waals surface area contributed by atoms with Gasteiger partial charge in [0.2, 0.25) is 5.91 Å². The van der Waals surface area contributed by atoms with Gasteiger partial charge >= 0.3 is 0 Å². The first-order valence-corrected chi connectivity index (χ1v) is 11.4. The molecule has 4 atom stereocenters. The lowest BCUT2D eigenvalue weighted by Gasteiger charge is -2.41. The summed E-state index contributed by atoms with van der Waals surface area (Å²) in [6, 6.07) is 1.51. The monoisotopic (exact) mass is 439 g/mol. The van der Waals surface area contributed by atoms with Gasteiger partial charge in [0.25, 0.3) is 0 Å². The first-order valence-electron chi connectivity index (χ1n) is 11.4. The van der Waals surface area contributed by atoms with Gasteiger partial charge in [-0.05, 0) is 62.6 Å². The van der Waals surface area contributed by atoms with Gasteiger partial charge in [-0.1, -0.05) is 0 Å². The molecule has 0 spiro atoms. The average Bonchev–Trinajstić information content (AvgIpc) is 3.02. The number of ether oxygens (including phenoxy) is 1. The molecule has 1 amide bonds. The number of benzene rings is 1. The Morgan fingerprint density at radius 1 is 1.06 bits per heavy atom. The minimum atomic E-state index is -1.19. The Hall–Kier alpha value is -1.64. The molecule has 0 saturated carbocycles. The van der Waals surface area contributed by atoms with Crippen molar-refractivity contribution < 1.29 is 22.7 Å². The van der Waals surface area contributed by atoms with E-state index in [1.165, 1.54) is 0 Å². The van der Waals surface area contributed by atoms with Crippen LogP contribution in [0.5, 0.6) is 0 Å². The fraction of sp³-hybridized carbons (Fsp3) is 0.696. The van der Waals surface area contributed by atoms with Crippen LogP contribution in [0.25, 0.3) is 0 Å². The highest BCUT2D eigenvalue weighted by atomic mass is 19.2. The minimum Gasteiger partial charge on any atom is -0.379 e. The Morgan fingerprint density at radius 3 is 2.39 bits per heavy atom. The van der Waals surface area contributed by atoms with E-state index in [4.69, 9.17) is 10.5 Å². The number of fused-ring (bicyclic) bond motifs is 2. The van der Waals surface area contributed by atoms with Gasteiger partial charge in [0.15, 0.2) is 11.6 Å². The lowest BCUT2D eigenvalue weighted by Crippen LogP contribution is -2.50. The molecule has 172 valence electrons. The Labute approximate surface area is 181 Å². The summed E-state index contributed by atoms with van der Waals surface area (Å²) < 4.78 is 46.1. The van der Waals surface area contributed by atoms with Crippen molar-refractivity contribution in [2.75, 3.05) is 32.8 Å². The molecule has 0 aromatic heterocycles. The Balaban J connectivity index is 1.29. The highest BCUT2D eigenvalue weighted by molar-refractivity contribution is 5.77. The van der Waals surface area contributed by atoms with Crippen LogP contribution in [0.4, 0.5) is 13.2 Å². The molecule has 0 radical (unpaired) electrons. The molecular formula is C23H32F3N3O2. The molecule has 4 rings (SSSR count). The van der Waals surface area contributed by atoms with Crippen molar-refractivity contribution in [3.8, 4) is 0 Å². The van der Waals surface area contributed by atoms with E-state index in [1.54, 1.807) is 0 Å². The molecule has 3 heterocycles. The molecule has 3 aliphatic rings. The number of hydrogen-bond donors (Lipinski definition) is 1. The Kier molecular flexibility index (Phi) is 7.19. The zero-order valence-electron chi connectivity index (χ0n) is 17.9. The van der Waals surface area contributed by atoms with Gasteiger partial charge in [-0.25, -0.2) is 13.2 Å². The van der Waals surface area contributed by atoms with Crippen molar-refractivity contribution >= 4 is 5.91 Å². The van der Waals surface area contributed by atoms with Gasteiger partial charge in [-0.3, -0.25) is 9.69 Å². The van der Waals surface area contributed by atoms with E-state index in [9.17, 15) is 18.0 Å². The van der Waals surface area contributed by atoms with Crippen LogP contribution in [0.1, 0.15) is 44.1 Å². The van der Waals surface area contributed by atoms with Gasteiger partial charge in [-0.15, -0.1) is 0 Å². The van der Waals surface area contributed by atoms with Crippen LogP contribution in [0, 0.1) is 23.4 Å². The molecule has 5 nitrogen and oxygen atoms in total. The topological polar surface area (TPSA) is 58.8 Å². The van der Waals surface area contributed by atoms with Gasteiger partial charge in [-0.2, -0.15) is 0 Å². The van der Waals surface area contributed by atoms with Gasteiger partial charge in [0, 0.05) is 43.7 Å². The Bertz CT molecular complexity index is 774. The third-order valence-electron chi connectivity index (χ3n) is 7.18. The summed E-state index contributed by atoms with van der Waals surface area (Å²) in [6.45, 7) is 4.31. The van der Waals surface area contributed by atoms with Crippen LogP contribution in [-0.2, 0) is 16.0 Å². The lowest BCUT2D eigenvalue weighted by atomic mass is 9.82. The maximum absolute atomic E-state index is 14.0. The number of nitrogens with zero attached hydrogens (tertiary/aromatic N) is 2. The van der Waals surface area contributed by atoms with Crippen LogP contribution in [-0.4, -0.2) is 66.7 Å². The van der Waals surface area contributed by atoms with Crippen molar-refractivity contribution in [2.45, 2.75) is 63.1 Å². The molecular weight excluding hydrogens is 407 g/mol. The van der Waals surface area contributed by atoms with Gasteiger partial charge in [0.05, 0.1) is 13.2 Å². The fourth-order valence-electron chi connectivity index (χ4n) is 5.52. The van der Waals surface area contributed by atoms with Crippen molar-refractivity contribution in [2.24, 2.45) is 11.7 Å². The molecule has 31 heavy (non-hydrogen) atoms. The van der Waals surface area contributed by atoms with E-state index < -0.39 is 17.5 Å². The number of halogens is 3. The zero-order valence-corrected chi connectivity index (χ0v) is 17.9. The second-order valence-corrected chi connectivity index (χ2v) is 9.20. The van der Waals surface area contributed by atoms with Crippen LogP contribution in [0.3, 0.4) is 0 Å². The summed E-state index contributed by atoms with van der Waals surface area (Å²) in [5, 5.41) is 0. The molecule has 3 aliphatic heterocycles. The summed E-state index contributed by atoms with van der Waals surface area (Å²) in [6.07, 6.45) is 5.11. The molecule has 3 fully saturated rings. The number of piperidine rings is 1. The highest BCUT2D eigenvalue weighted by Gasteiger charge is 2.44. The van der Waals surface area contributed by atoms with Crippen molar-refractivity contribution in [3.63, 3.8) is 0 Å². The second kappa shape index (κ2) is 9.88. The maximum atomic E-state index is 14.0. The molecule has 1 aromatic carbocycles. The van der Waals surface area contributed by atoms with E-state index in [0.717, 1.165) is 71.0 Å². The predicted molar refractivity (Wildman–Crippen MR) is 111 cm³/mol. The van der Waals surface area contributed by atoms with Crippen molar-refractivity contribution in [1.29, 1.82) is 0 Å². The quantitative estimate of drug-likeness (QED) is 0.664. The standard InChI is InChI=1S/C23H32F3N3O2/c24-19-14-21(26)20(25)12-15(19)13-22(27)16-10-17-3-4-18(11-16)29(17)23(30)2-1-5-28-6-8-31-9-7-28/h12,14,16-18,22H,1-11,13,27H2/t16?,17-,18+,22-/m1/s1. The number of morpholine rings is 1. The maximum Gasteiger partial charge on any atom is 0.223 e. The number of carbonyl (C=O) groups excluding carboxylic acids is 1. The Morgan fingerprint density at radius 2 is 1.71 bits per heavy atom. The highest BCUT2D eigenvalue weighted by Crippen LogP contribution is 2.40. The summed E-state index contributed by atoms with van der Waals surface area (Å²) >= 11 is 0. The summed E-state index contributed by atoms with van der Waals surface area (Å²) in [4.78, 5) is 17.3. The molecule has 1 aromatic rings. The van der Waals surface area contributed by atoms with Crippen LogP contribution >= 0.6 is 0 Å². The molecule has 1 unspecified atom stereocenters. The average molecular weight is 440 g/mol. The number of carbonyl (C=O) groups is 1. The third kappa shape index (κ3) is 5.23. The molecule has 0 aliphatic carbocycles.